The molecular formula is C14H21N3O. The molecule has 18 heavy (non-hydrogen) atoms. The Kier molecular flexibility index (Phi) is 3.57. The van der Waals surface area contributed by atoms with Crippen LogP contribution in [0, 0.1) is 6.92 Å². The minimum Gasteiger partial charge on any atom is -0.385 e. The molecule has 1 heterocycles. The number of anilines is 1. The van der Waals surface area contributed by atoms with Crippen molar-refractivity contribution in [2.24, 2.45) is 0 Å². The Balaban J connectivity index is 1.99. The predicted molar refractivity (Wildman–Crippen MR) is 75.0 cm³/mol. The maximum atomic E-state index is 5.39. The van der Waals surface area contributed by atoms with Crippen molar-refractivity contribution in [3.63, 3.8) is 0 Å². The molecule has 4 nitrogen and oxygen atoms in total. The summed E-state index contributed by atoms with van der Waals surface area (Å²) in [7, 11) is 1.75. The number of hydrogen-bond acceptors (Lipinski definition) is 3. The molecule has 0 amide bonds. The van der Waals surface area contributed by atoms with Gasteiger partial charge in [-0.1, -0.05) is 0 Å². The van der Waals surface area contributed by atoms with Crippen LogP contribution in [0.5, 0.6) is 0 Å². The number of aryl methyl sites for hydroxylation is 1. The van der Waals surface area contributed by atoms with Crippen molar-refractivity contribution >= 4 is 16.7 Å². The number of H-pyrrole nitrogens is 1. The molecule has 2 rings (SSSR count). The zero-order chi connectivity index (χ0) is 13.2. The number of hydrogen-bond donors (Lipinski definition) is 2. The number of methoxy groups -OCH3 is 1. The van der Waals surface area contributed by atoms with Gasteiger partial charge in [-0.25, -0.2) is 4.98 Å². The number of ether oxygens (including phenoxy) is 1. The quantitative estimate of drug-likeness (QED) is 0.853. The van der Waals surface area contributed by atoms with E-state index < -0.39 is 0 Å². The summed E-state index contributed by atoms with van der Waals surface area (Å²) in [4.78, 5) is 7.62. The number of aromatic amines is 1. The third kappa shape index (κ3) is 3.01. The fraction of sp³-hybridized carbons (Fsp3) is 0.500. The van der Waals surface area contributed by atoms with Gasteiger partial charge in [0.15, 0.2) is 0 Å². The van der Waals surface area contributed by atoms with E-state index in [1.165, 1.54) is 0 Å². The van der Waals surface area contributed by atoms with Gasteiger partial charge >= 0.3 is 0 Å². The molecule has 0 aliphatic heterocycles. The third-order valence-corrected chi connectivity index (χ3v) is 3.21. The molecule has 2 N–H and O–H groups in total. The zero-order valence-corrected chi connectivity index (χ0v) is 11.5. The summed E-state index contributed by atoms with van der Waals surface area (Å²) in [6, 6.07) is 6.18. The summed E-state index contributed by atoms with van der Waals surface area (Å²) in [5.74, 6) is 0.947. The van der Waals surface area contributed by atoms with Gasteiger partial charge in [-0.2, -0.15) is 0 Å². The standard InChI is InChI=1S/C14H21N3O/c1-10-16-12-6-5-11(9-13(12)17-10)15-8-7-14(2,3)18-4/h5-6,9,15H,7-8H2,1-4H3,(H,16,17). The van der Waals surface area contributed by atoms with Crippen LogP contribution < -0.4 is 5.32 Å². The van der Waals surface area contributed by atoms with Crippen LogP contribution in [0.1, 0.15) is 26.1 Å². The molecule has 0 bridgehead atoms. The number of nitrogens with zero attached hydrogens (tertiary/aromatic N) is 1. The smallest absolute Gasteiger partial charge is 0.104 e. The first kappa shape index (κ1) is 12.9. The van der Waals surface area contributed by atoms with Gasteiger partial charge in [0, 0.05) is 19.3 Å². The summed E-state index contributed by atoms with van der Waals surface area (Å²) >= 11 is 0. The second kappa shape index (κ2) is 4.98. The van der Waals surface area contributed by atoms with E-state index in [1.54, 1.807) is 7.11 Å². The molecule has 0 saturated carbocycles. The highest BCUT2D eigenvalue weighted by atomic mass is 16.5. The molecule has 0 unspecified atom stereocenters. The number of rotatable bonds is 5. The van der Waals surface area contributed by atoms with Gasteiger partial charge in [0.1, 0.15) is 5.82 Å². The number of fused-ring (bicyclic) bond motifs is 1. The lowest BCUT2D eigenvalue weighted by molar-refractivity contribution is 0.0185. The lowest BCUT2D eigenvalue weighted by Crippen LogP contribution is -2.25. The minimum atomic E-state index is -0.0817. The van der Waals surface area contributed by atoms with Crippen LogP contribution in [0.25, 0.3) is 11.0 Å². The van der Waals surface area contributed by atoms with Gasteiger partial charge in [0.25, 0.3) is 0 Å². The van der Waals surface area contributed by atoms with Crippen molar-refractivity contribution in [3.8, 4) is 0 Å². The molecule has 1 aromatic heterocycles. The fourth-order valence-electron chi connectivity index (χ4n) is 1.86. The topological polar surface area (TPSA) is 49.9 Å². The number of imidazole rings is 1. The van der Waals surface area contributed by atoms with Gasteiger partial charge in [0.2, 0.25) is 0 Å². The van der Waals surface area contributed by atoms with Crippen molar-refractivity contribution in [2.45, 2.75) is 32.8 Å². The first-order valence-electron chi connectivity index (χ1n) is 6.25. The van der Waals surface area contributed by atoms with Crippen LogP contribution in [0.2, 0.25) is 0 Å². The van der Waals surface area contributed by atoms with Crippen LogP contribution >= 0.6 is 0 Å². The molecule has 0 saturated heterocycles. The lowest BCUT2D eigenvalue weighted by Gasteiger charge is -2.23. The molecule has 0 radical (unpaired) electrons. The Morgan fingerprint density at radius 1 is 1.39 bits per heavy atom. The van der Waals surface area contributed by atoms with Gasteiger partial charge in [-0.15, -0.1) is 0 Å². The monoisotopic (exact) mass is 247 g/mol. The van der Waals surface area contributed by atoms with Crippen molar-refractivity contribution < 1.29 is 4.74 Å². The van der Waals surface area contributed by atoms with Crippen LogP contribution in [0.3, 0.4) is 0 Å². The highest BCUT2D eigenvalue weighted by Crippen LogP contribution is 2.18. The van der Waals surface area contributed by atoms with E-state index in [2.05, 4.69) is 41.3 Å². The molecule has 0 fully saturated rings. The summed E-state index contributed by atoms with van der Waals surface area (Å²) in [6.07, 6.45) is 0.962. The van der Waals surface area contributed by atoms with E-state index in [4.69, 9.17) is 4.74 Å². The van der Waals surface area contributed by atoms with Gasteiger partial charge in [-0.3, -0.25) is 0 Å². The lowest BCUT2D eigenvalue weighted by atomic mass is 10.1. The van der Waals surface area contributed by atoms with E-state index in [9.17, 15) is 0 Å². The Hall–Kier alpha value is -1.55. The van der Waals surface area contributed by atoms with E-state index in [0.29, 0.717) is 0 Å². The highest BCUT2D eigenvalue weighted by molar-refractivity contribution is 5.79. The van der Waals surface area contributed by atoms with Crippen molar-refractivity contribution in [1.29, 1.82) is 0 Å². The Morgan fingerprint density at radius 3 is 2.89 bits per heavy atom. The average Bonchev–Trinajstić information content (AvgIpc) is 2.68. The minimum absolute atomic E-state index is 0.0817. The molecule has 0 aliphatic rings. The third-order valence-electron chi connectivity index (χ3n) is 3.21. The Labute approximate surface area is 108 Å². The second-order valence-electron chi connectivity index (χ2n) is 5.19. The summed E-state index contributed by atoms with van der Waals surface area (Å²) in [6.45, 7) is 7.04. The van der Waals surface area contributed by atoms with Crippen molar-refractivity contribution in [3.05, 3.63) is 24.0 Å². The van der Waals surface area contributed by atoms with E-state index in [-0.39, 0.29) is 5.60 Å². The van der Waals surface area contributed by atoms with Crippen LogP contribution in [0.15, 0.2) is 18.2 Å². The molecule has 1 aromatic carbocycles. The van der Waals surface area contributed by atoms with Crippen LogP contribution in [-0.4, -0.2) is 29.2 Å². The first-order valence-corrected chi connectivity index (χ1v) is 6.25. The molecular weight excluding hydrogens is 226 g/mol. The second-order valence-corrected chi connectivity index (χ2v) is 5.19. The van der Waals surface area contributed by atoms with Crippen molar-refractivity contribution in [2.75, 3.05) is 19.0 Å². The van der Waals surface area contributed by atoms with Gasteiger partial charge < -0.3 is 15.0 Å². The summed E-state index contributed by atoms with van der Waals surface area (Å²) in [5.41, 5.74) is 3.11. The molecule has 4 heteroatoms. The average molecular weight is 247 g/mol. The molecule has 0 atom stereocenters. The maximum Gasteiger partial charge on any atom is 0.104 e. The zero-order valence-electron chi connectivity index (χ0n) is 11.5. The molecule has 2 aromatic rings. The van der Waals surface area contributed by atoms with Crippen LogP contribution in [-0.2, 0) is 4.74 Å². The number of benzene rings is 1. The first-order chi connectivity index (χ1) is 8.50. The van der Waals surface area contributed by atoms with Crippen LogP contribution in [0.4, 0.5) is 5.69 Å². The number of nitrogens with one attached hydrogen (secondary N) is 2. The summed E-state index contributed by atoms with van der Waals surface area (Å²) in [5, 5.41) is 3.41. The normalized spacial score (nSPS) is 12.0. The fourth-order valence-corrected chi connectivity index (χ4v) is 1.86. The molecule has 0 aliphatic carbocycles. The largest absolute Gasteiger partial charge is 0.385 e. The van der Waals surface area contributed by atoms with E-state index in [1.807, 2.05) is 13.0 Å². The number of aromatic nitrogens is 2. The summed E-state index contributed by atoms with van der Waals surface area (Å²) < 4.78 is 5.39. The Bertz CT molecular complexity index is 531. The SMILES string of the molecule is COC(C)(C)CCNc1ccc2nc(C)[nH]c2c1. The molecule has 0 spiro atoms. The van der Waals surface area contributed by atoms with Gasteiger partial charge in [0.05, 0.1) is 16.6 Å². The van der Waals surface area contributed by atoms with E-state index in [0.717, 1.165) is 35.5 Å². The Morgan fingerprint density at radius 2 is 2.17 bits per heavy atom. The van der Waals surface area contributed by atoms with Gasteiger partial charge in [-0.05, 0) is 45.4 Å². The maximum absolute atomic E-state index is 5.39. The molecule has 98 valence electrons. The van der Waals surface area contributed by atoms with E-state index >= 15 is 0 Å². The van der Waals surface area contributed by atoms with Crippen molar-refractivity contribution in [1.82, 2.24) is 9.97 Å². The predicted octanol–water partition coefficient (Wildman–Crippen LogP) is 3.10. The highest BCUT2D eigenvalue weighted by Gasteiger charge is 2.15.